The molecule has 4 nitrogen and oxygen atoms in total. The molecular weight excluding hydrogens is 323 g/mol. The third-order valence-corrected chi connectivity index (χ3v) is 3.44. The molecule has 2 amide bonds. The van der Waals surface area contributed by atoms with Crippen LogP contribution >= 0.6 is 0 Å². The van der Waals surface area contributed by atoms with E-state index in [0.29, 0.717) is 0 Å². The highest BCUT2D eigenvalue weighted by Gasteiger charge is 2.35. The number of benzene rings is 1. The van der Waals surface area contributed by atoms with Gasteiger partial charge in [0.2, 0.25) is 5.91 Å². The summed E-state index contributed by atoms with van der Waals surface area (Å²) in [5, 5.41) is 0. The second-order valence-electron chi connectivity index (χ2n) is 5.09. The van der Waals surface area contributed by atoms with Gasteiger partial charge >= 0.3 is 6.18 Å². The van der Waals surface area contributed by atoms with E-state index in [4.69, 9.17) is 0 Å². The predicted molar refractivity (Wildman–Crippen MR) is 69.5 cm³/mol. The smallest absolute Gasteiger partial charge is 0.339 e. The summed E-state index contributed by atoms with van der Waals surface area (Å²) in [6, 6.07) is 2.71. The van der Waals surface area contributed by atoms with Crippen molar-refractivity contribution in [1.82, 2.24) is 9.80 Å². The van der Waals surface area contributed by atoms with Crippen LogP contribution < -0.4 is 0 Å². The molecule has 23 heavy (non-hydrogen) atoms. The molecule has 0 N–H and O–H groups in total. The molecule has 0 aromatic heterocycles. The van der Waals surface area contributed by atoms with Crippen LogP contribution in [0.4, 0.5) is 22.0 Å². The van der Waals surface area contributed by atoms with Gasteiger partial charge in [0.15, 0.2) is 11.6 Å². The van der Waals surface area contributed by atoms with E-state index in [9.17, 15) is 31.5 Å². The zero-order valence-electron chi connectivity index (χ0n) is 11.9. The van der Waals surface area contributed by atoms with Crippen molar-refractivity contribution in [3.05, 3.63) is 35.4 Å². The second kappa shape index (κ2) is 6.51. The maximum Gasteiger partial charge on any atom is 0.397 e. The van der Waals surface area contributed by atoms with E-state index >= 15 is 0 Å². The average molecular weight is 336 g/mol. The van der Waals surface area contributed by atoms with Gasteiger partial charge in [0.05, 0.1) is 0 Å². The molecule has 9 heteroatoms. The molecule has 2 rings (SSSR count). The summed E-state index contributed by atoms with van der Waals surface area (Å²) in [5.41, 5.74) is -0.0565. The lowest BCUT2D eigenvalue weighted by molar-refractivity contribution is -0.162. The van der Waals surface area contributed by atoms with E-state index < -0.39 is 36.0 Å². The van der Waals surface area contributed by atoms with E-state index in [1.165, 1.54) is 4.90 Å². The SMILES string of the molecule is O=C(CC(F)(F)F)N1CCN(C(=O)c2ccc(F)c(F)c2)CC1. The molecule has 1 aromatic carbocycles. The Morgan fingerprint density at radius 1 is 0.957 bits per heavy atom. The Kier molecular flexibility index (Phi) is 4.86. The normalized spacial score (nSPS) is 15.7. The highest BCUT2D eigenvalue weighted by atomic mass is 19.4. The van der Waals surface area contributed by atoms with Crippen LogP contribution in [0.25, 0.3) is 0 Å². The zero-order valence-corrected chi connectivity index (χ0v) is 11.9. The number of amides is 2. The Hall–Kier alpha value is -2.19. The number of hydrogen-bond donors (Lipinski definition) is 0. The van der Waals surface area contributed by atoms with Crippen LogP contribution in [0.2, 0.25) is 0 Å². The van der Waals surface area contributed by atoms with Crippen LogP contribution in [0, 0.1) is 11.6 Å². The number of carbonyl (C=O) groups excluding carboxylic acids is 2. The fraction of sp³-hybridized carbons (Fsp3) is 0.429. The van der Waals surface area contributed by atoms with E-state index in [2.05, 4.69) is 0 Å². The summed E-state index contributed by atoms with van der Waals surface area (Å²) < 4.78 is 62.5. The van der Waals surface area contributed by atoms with Crippen LogP contribution in [-0.4, -0.2) is 54.0 Å². The number of piperazine rings is 1. The van der Waals surface area contributed by atoms with Crippen molar-refractivity contribution in [3.63, 3.8) is 0 Å². The van der Waals surface area contributed by atoms with Gasteiger partial charge in [0.25, 0.3) is 5.91 Å². The number of alkyl halides is 3. The number of halogens is 5. The van der Waals surface area contributed by atoms with Crippen molar-refractivity contribution < 1.29 is 31.5 Å². The molecule has 0 atom stereocenters. The summed E-state index contributed by atoms with van der Waals surface area (Å²) in [5.74, 6) is -3.84. The fourth-order valence-electron chi connectivity index (χ4n) is 2.25. The molecule has 0 bridgehead atoms. The molecule has 1 fully saturated rings. The predicted octanol–water partition coefficient (Wildman–Crippen LogP) is 2.20. The minimum absolute atomic E-state index is 0.0292. The van der Waals surface area contributed by atoms with Gasteiger partial charge in [-0.05, 0) is 18.2 Å². The molecule has 1 aliphatic rings. The monoisotopic (exact) mass is 336 g/mol. The lowest BCUT2D eigenvalue weighted by atomic mass is 10.1. The molecule has 1 aromatic rings. The molecule has 1 aliphatic heterocycles. The number of hydrogen-bond acceptors (Lipinski definition) is 2. The Morgan fingerprint density at radius 2 is 1.52 bits per heavy atom. The molecule has 1 saturated heterocycles. The Labute approximate surface area is 128 Å². The largest absolute Gasteiger partial charge is 0.397 e. The summed E-state index contributed by atoms with van der Waals surface area (Å²) in [6.45, 7) is -0.0164. The zero-order chi connectivity index (χ0) is 17.2. The van der Waals surface area contributed by atoms with Gasteiger partial charge in [0, 0.05) is 31.7 Å². The standard InChI is InChI=1S/C14H13F5N2O2/c15-10-2-1-9(7-11(10)16)13(23)21-5-3-20(4-6-21)12(22)8-14(17,18)19/h1-2,7H,3-6,8H2. The third-order valence-electron chi connectivity index (χ3n) is 3.44. The van der Waals surface area contributed by atoms with Crippen molar-refractivity contribution in [3.8, 4) is 0 Å². The van der Waals surface area contributed by atoms with Crippen molar-refractivity contribution in [2.24, 2.45) is 0 Å². The van der Waals surface area contributed by atoms with Gasteiger partial charge in [-0.25, -0.2) is 8.78 Å². The van der Waals surface area contributed by atoms with Crippen LogP contribution in [0.15, 0.2) is 18.2 Å². The van der Waals surface area contributed by atoms with Gasteiger partial charge in [-0.2, -0.15) is 13.2 Å². The fourth-order valence-corrected chi connectivity index (χ4v) is 2.25. The minimum Gasteiger partial charge on any atom is -0.339 e. The highest BCUT2D eigenvalue weighted by Crippen LogP contribution is 2.21. The lowest BCUT2D eigenvalue weighted by Gasteiger charge is -2.35. The van der Waals surface area contributed by atoms with Gasteiger partial charge < -0.3 is 9.80 Å². The van der Waals surface area contributed by atoms with Crippen LogP contribution in [-0.2, 0) is 4.79 Å². The van der Waals surface area contributed by atoms with Gasteiger partial charge in [-0.15, -0.1) is 0 Å². The average Bonchev–Trinajstić information content (AvgIpc) is 2.48. The first-order valence-electron chi connectivity index (χ1n) is 6.76. The van der Waals surface area contributed by atoms with Gasteiger partial charge in [0.1, 0.15) is 6.42 Å². The quantitative estimate of drug-likeness (QED) is 0.777. The molecule has 0 spiro atoms. The maximum absolute atomic E-state index is 13.1. The molecule has 0 aliphatic carbocycles. The van der Waals surface area contributed by atoms with Crippen LogP contribution in [0.5, 0.6) is 0 Å². The van der Waals surface area contributed by atoms with Crippen molar-refractivity contribution in [2.45, 2.75) is 12.6 Å². The van der Waals surface area contributed by atoms with Gasteiger partial charge in [-0.1, -0.05) is 0 Å². The summed E-state index contributed by atoms with van der Waals surface area (Å²) >= 11 is 0. The first kappa shape index (κ1) is 17.2. The van der Waals surface area contributed by atoms with E-state index in [-0.39, 0.29) is 31.7 Å². The third kappa shape index (κ3) is 4.40. The maximum atomic E-state index is 13.1. The topological polar surface area (TPSA) is 40.6 Å². The summed E-state index contributed by atoms with van der Waals surface area (Å²) in [6.07, 6.45) is -6.11. The lowest BCUT2D eigenvalue weighted by Crippen LogP contribution is -2.51. The highest BCUT2D eigenvalue weighted by molar-refractivity contribution is 5.94. The molecule has 0 radical (unpaired) electrons. The summed E-state index contributed by atoms with van der Waals surface area (Å²) in [7, 11) is 0. The van der Waals surface area contributed by atoms with E-state index in [0.717, 1.165) is 23.1 Å². The number of nitrogens with zero attached hydrogens (tertiary/aromatic N) is 2. The van der Waals surface area contributed by atoms with Gasteiger partial charge in [-0.3, -0.25) is 9.59 Å². The number of rotatable bonds is 2. The van der Waals surface area contributed by atoms with E-state index in [1.54, 1.807) is 0 Å². The van der Waals surface area contributed by atoms with Crippen molar-refractivity contribution in [2.75, 3.05) is 26.2 Å². The first-order valence-corrected chi connectivity index (χ1v) is 6.76. The van der Waals surface area contributed by atoms with Crippen LogP contribution in [0.1, 0.15) is 16.8 Å². The Morgan fingerprint density at radius 3 is 2.04 bits per heavy atom. The molecule has 1 heterocycles. The Balaban J connectivity index is 1.94. The molecule has 126 valence electrons. The molecule has 0 saturated carbocycles. The summed E-state index contributed by atoms with van der Waals surface area (Å²) in [4.78, 5) is 25.9. The second-order valence-corrected chi connectivity index (χ2v) is 5.09. The number of carbonyl (C=O) groups is 2. The first-order chi connectivity index (χ1) is 10.7. The van der Waals surface area contributed by atoms with Crippen molar-refractivity contribution in [1.29, 1.82) is 0 Å². The Bertz CT molecular complexity index is 610. The van der Waals surface area contributed by atoms with E-state index in [1.807, 2.05) is 0 Å². The van der Waals surface area contributed by atoms with Crippen LogP contribution in [0.3, 0.4) is 0 Å². The minimum atomic E-state index is -4.57. The molecular formula is C14H13F5N2O2. The molecule has 0 unspecified atom stereocenters. The van der Waals surface area contributed by atoms with Crippen molar-refractivity contribution >= 4 is 11.8 Å².